The molecule has 0 N–H and O–H groups in total. The van der Waals surface area contributed by atoms with Crippen molar-refractivity contribution in [3.8, 4) is 45.1 Å². The Labute approximate surface area is 394 Å². The van der Waals surface area contributed by atoms with Crippen molar-refractivity contribution in [2.24, 2.45) is 0 Å². The Bertz CT molecular complexity index is 4130. The molecule has 0 aliphatic heterocycles. The first-order valence-electron chi connectivity index (χ1n) is 23.1. The van der Waals surface area contributed by atoms with Crippen molar-refractivity contribution in [1.29, 1.82) is 5.26 Å². The predicted molar refractivity (Wildman–Crippen MR) is 287 cm³/mol. The summed E-state index contributed by atoms with van der Waals surface area (Å²) in [6.07, 6.45) is 0. The lowest BCUT2D eigenvalue weighted by atomic mass is 9.83. The van der Waals surface area contributed by atoms with E-state index in [0.717, 1.165) is 44.9 Å². The average Bonchev–Trinajstić information content (AvgIpc) is 3.74. The van der Waals surface area contributed by atoms with Gasteiger partial charge in [-0.15, -0.1) is 0 Å². The zero-order valence-electron chi connectivity index (χ0n) is 37.0. The largest absolute Gasteiger partial charge is 0.310 e. The van der Waals surface area contributed by atoms with Gasteiger partial charge in [0.05, 0.1) is 22.7 Å². The number of benzene rings is 12. The average molecular weight is 864 g/mol. The maximum Gasteiger partial charge on any atom is 0.0991 e. The molecule has 0 amide bonds. The molecule has 3 heteroatoms. The molecule has 12 aromatic carbocycles. The number of aromatic nitrogens is 1. The van der Waals surface area contributed by atoms with Crippen molar-refractivity contribution in [1.82, 2.24) is 4.57 Å². The van der Waals surface area contributed by atoms with Gasteiger partial charge < -0.3 is 9.47 Å². The Kier molecular flexibility index (Phi) is 9.23. The first-order chi connectivity index (χ1) is 33.7. The summed E-state index contributed by atoms with van der Waals surface area (Å²) in [6, 6.07) is 91.9. The van der Waals surface area contributed by atoms with Crippen LogP contribution in [0.4, 0.5) is 17.1 Å². The highest BCUT2D eigenvalue weighted by molar-refractivity contribution is 6.25. The summed E-state index contributed by atoms with van der Waals surface area (Å²) in [4.78, 5) is 2.29. The van der Waals surface area contributed by atoms with Crippen molar-refractivity contribution >= 4 is 82.0 Å². The maximum atomic E-state index is 9.75. The molecule has 0 fully saturated rings. The first-order valence-corrected chi connectivity index (χ1v) is 23.1. The lowest BCUT2D eigenvalue weighted by Gasteiger charge is -2.26. The Morgan fingerprint density at radius 1 is 0.324 bits per heavy atom. The quantitative estimate of drug-likeness (QED) is 0.150. The summed E-state index contributed by atoms with van der Waals surface area (Å²) >= 11 is 0. The monoisotopic (exact) mass is 863 g/mol. The molecular formula is C65H41N3. The summed E-state index contributed by atoms with van der Waals surface area (Å²) in [6.45, 7) is 0. The van der Waals surface area contributed by atoms with Crippen LogP contribution < -0.4 is 4.90 Å². The molecule has 1 aromatic heterocycles. The van der Waals surface area contributed by atoms with Gasteiger partial charge in [-0.3, -0.25) is 0 Å². The van der Waals surface area contributed by atoms with Crippen LogP contribution in [0, 0.1) is 11.3 Å². The van der Waals surface area contributed by atoms with Gasteiger partial charge in [-0.25, -0.2) is 0 Å². The third-order valence-corrected chi connectivity index (χ3v) is 13.8. The number of anilines is 3. The molecule has 0 atom stereocenters. The second kappa shape index (κ2) is 16.0. The van der Waals surface area contributed by atoms with Crippen LogP contribution in [0.2, 0.25) is 0 Å². The second-order valence-corrected chi connectivity index (χ2v) is 17.5. The zero-order chi connectivity index (χ0) is 45.1. The van der Waals surface area contributed by atoms with Crippen LogP contribution in [0.5, 0.6) is 0 Å². The van der Waals surface area contributed by atoms with Gasteiger partial charge in [0.15, 0.2) is 0 Å². The van der Waals surface area contributed by atoms with E-state index >= 15 is 0 Å². The molecule has 0 aliphatic carbocycles. The molecule has 316 valence electrons. The summed E-state index contributed by atoms with van der Waals surface area (Å²) in [5.74, 6) is 0. The highest BCUT2D eigenvalue weighted by atomic mass is 15.1. The number of hydrogen-bond donors (Lipinski definition) is 0. The fourth-order valence-electron chi connectivity index (χ4n) is 10.7. The minimum atomic E-state index is 0.626. The zero-order valence-corrected chi connectivity index (χ0v) is 37.0. The van der Waals surface area contributed by atoms with Crippen molar-refractivity contribution in [3.05, 3.63) is 254 Å². The lowest BCUT2D eigenvalue weighted by Crippen LogP contribution is -2.10. The number of nitrogens with zero attached hydrogens (tertiary/aromatic N) is 3. The van der Waals surface area contributed by atoms with Gasteiger partial charge >= 0.3 is 0 Å². The van der Waals surface area contributed by atoms with Gasteiger partial charge in [-0.05, 0) is 155 Å². The van der Waals surface area contributed by atoms with Gasteiger partial charge in [0.25, 0.3) is 0 Å². The Morgan fingerprint density at radius 3 is 1.46 bits per heavy atom. The molecule has 68 heavy (non-hydrogen) atoms. The maximum absolute atomic E-state index is 9.75. The Balaban J connectivity index is 0.999. The first kappa shape index (κ1) is 39.2. The van der Waals surface area contributed by atoms with Crippen LogP contribution in [0.15, 0.2) is 249 Å². The highest BCUT2D eigenvalue weighted by Gasteiger charge is 2.21. The molecule has 0 aliphatic rings. The molecule has 0 radical (unpaired) electrons. The number of nitriles is 1. The molecule has 0 saturated heterocycles. The number of rotatable bonds is 7. The normalized spacial score (nSPS) is 11.5. The summed E-state index contributed by atoms with van der Waals surface area (Å²) in [5, 5.41) is 21.9. The molecule has 0 bridgehead atoms. The molecule has 1 heterocycles. The second-order valence-electron chi connectivity index (χ2n) is 17.5. The van der Waals surface area contributed by atoms with Crippen molar-refractivity contribution in [2.75, 3.05) is 4.90 Å². The Morgan fingerprint density at radius 2 is 0.809 bits per heavy atom. The SMILES string of the molecule is N#Cc1ccc(N(c2ccc(-c3ccc4c(-c5cccc6ccccc56)c5ccccc5c(-c5cccc6ccccc56)c4c3)cc2)c2ccc3c(c2)c2ccccc2n3-c2ccccc2)cc1. The van der Waals surface area contributed by atoms with Crippen LogP contribution in [0.1, 0.15) is 5.56 Å². The van der Waals surface area contributed by atoms with Crippen LogP contribution in [-0.4, -0.2) is 4.57 Å². The van der Waals surface area contributed by atoms with Crippen molar-refractivity contribution < 1.29 is 0 Å². The lowest BCUT2D eigenvalue weighted by molar-refractivity contribution is 1.18. The van der Waals surface area contributed by atoms with E-state index < -0.39 is 0 Å². The van der Waals surface area contributed by atoms with Gasteiger partial charge in [0, 0.05) is 33.5 Å². The standard InChI is InChI=1S/C65H41N3/c66-42-43-28-33-49(34-29-43)67(51-37-39-63-60(41-51)54-22-10-11-27-62(54)68(63)48-18-2-1-3-19-48)50-35-30-44(31-36-50)47-32-38-59-61(40-47)65(56-26-13-17-46-15-5-7-21-53(46)56)58-24-9-8-23-57(58)64(59)55-25-12-16-45-14-4-6-20-52(45)55/h1-41H. The molecule has 0 spiro atoms. The van der Waals surface area contributed by atoms with E-state index in [4.69, 9.17) is 0 Å². The van der Waals surface area contributed by atoms with E-state index in [-0.39, 0.29) is 0 Å². The van der Waals surface area contributed by atoms with Gasteiger partial charge in [-0.1, -0.05) is 170 Å². The van der Waals surface area contributed by atoms with Gasteiger partial charge in [-0.2, -0.15) is 5.26 Å². The minimum Gasteiger partial charge on any atom is -0.310 e. The molecule has 0 unspecified atom stereocenters. The predicted octanol–water partition coefficient (Wildman–Crippen LogP) is 17.7. The third kappa shape index (κ3) is 6.35. The van der Waals surface area contributed by atoms with Gasteiger partial charge in [0.2, 0.25) is 0 Å². The number of fused-ring (bicyclic) bond motifs is 7. The summed E-state index contributed by atoms with van der Waals surface area (Å²) in [7, 11) is 0. The molecule has 3 nitrogen and oxygen atoms in total. The minimum absolute atomic E-state index is 0.626. The van der Waals surface area contributed by atoms with Crippen molar-refractivity contribution in [3.63, 3.8) is 0 Å². The third-order valence-electron chi connectivity index (χ3n) is 13.8. The van der Waals surface area contributed by atoms with Crippen LogP contribution in [-0.2, 0) is 0 Å². The van der Waals surface area contributed by atoms with Gasteiger partial charge in [0.1, 0.15) is 0 Å². The van der Waals surface area contributed by atoms with E-state index in [2.05, 4.69) is 240 Å². The Hall–Kier alpha value is -9.23. The van der Waals surface area contributed by atoms with E-state index in [1.807, 2.05) is 24.3 Å². The topological polar surface area (TPSA) is 32.0 Å². The molecule has 13 aromatic rings. The molecular weight excluding hydrogens is 823 g/mol. The number of para-hydroxylation sites is 2. The van der Waals surface area contributed by atoms with E-state index in [0.29, 0.717) is 5.56 Å². The molecule has 13 rings (SSSR count). The van der Waals surface area contributed by atoms with E-state index in [1.54, 1.807) is 0 Å². The summed E-state index contributed by atoms with van der Waals surface area (Å²) < 4.78 is 2.35. The van der Waals surface area contributed by atoms with E-state index in [1.165, 1.54) is 76.1 Å². The fraction of sp³-hybridized carbons (Fsp3) is 0. The van der Waals surface area contributed by atoms with E-state index in [9.17, 15) is 5.26 Å². The smallest absolute Gasteiger partial charge is 0.0991 e. The fourth-order valence-corrected chi connectivity index (χ4v) is 10.7. The van der Waals surface area contributed by atoms with Crippen LogP contribution >= 0.6 is 0 Å². The van der Waals surface area contributed by atoms with Crippen molar-refractivity contribution in [2.45, 2.75) is 0 Å². The van der Waals surface area contributed by atoms with Crippen LogP contribution in [0.3, 0.4) is 0 Å². The molecule has 0 saturated carbocycles. The van der Waals surface area contributed by atoms with Crippen LogP contribution in [0.25, 0.3) is 104 Å². The highest BCUT2D eigenvalue weighted by Crippen LogP contribution is 2.48. The number of hydrogen-bond acceptors (Lipinski definition) is 2. The summed E-state index contributed by atoms with van der Waals surface area (Å²) in [5.41, 5.74) is 14.3.